The summed E-state index contributed by atoms with van der Waals surface area (Å²) in [4.78, 5) is 21.6. The van der Waals surface area contributed by atoms with E-state index in [2.05, 4.69) is 10.3 Å². The first-order chi connectivity index (χ1) is 13.0. The first-order valence-electron chi connectivity index (χ1n) is 7.68. The molecule has 0 bridgehead atoms. The zero-order valence-electron chi connectivity index (χ0n) is 14.8. The van der Waals surface area contributed by atoms with Crippen molar-refractivity contribution < 1.29 is 32.6 Å². The summed E-state index contributed by atoms with van der Waals surface area (Å²) in [6, 6.07) is 8.12. The van der Waals surface area contributed by atoms with E-state index in [-0.39, 0.29) is 27.7 Å². The Balaban J connectivity index is 2.22. The maximum absolute atomic E-state index is 12.4. The van der Waals surface area contributed by atoms with Gasteiger partial charge in [-0.05, 0) is 19.1 Å². The van der Waals surface area contributed by atoms with Gasteiger partial charge in [-0.25, -0.2) is 9.00 Å². The lowest BCUT2D eigenvalue weighted by atomic mass is 10.3. The Kier molecular flexibility index (Phi) is 7.20. The second kappa shape index (κ2) is 9.59. The molecule has 27 heavy (non-hydrogen) atoms. The minimum atomic E-state index is -3.03. The van der Waals surface area contributed by atoms with Crippen LogP contribution < -0.4 is 24.4 Å². The molecule has 0 saturated carbocycles. The van der Waals surface area contributed by atoms with Crippen LogP contribution in [0.3, 0.4) is 0 Å². The smallest absolute Gasteiger partial charge is 0.368 e. The third-order valence-electron chi connectivity index (χ3n) is 3.09. The molecule has 0 aliphatic heterocycles. The van der Waals surface area contributed by atoms with E-state index >= 15 is 0 Å². The van der Waals surface area contributed by atoms with E-state index in [4.69, 9.17) is 19.0 Å². The molecule has 1 atom stereocenters. The molecule has 0 aliphatic carbocycles. The maximum atomic E-state index is 12.4. The average Bonchev–Trinajstić information content (AvgIpc) is 2.66. The highest BCUT2D eigenvalue weighted by Gasteiger charge is 2.20. The Morgan fingerprint density at radius 3 is 2.52 bits per heavy atom. The summed E-state index contributed by atoms with van der Waals surface area (Å²) in [6.45, 7) is 2.09. The number of hydrogen-bond acceptors (Lipinski definition) is 8. The van der Waals surface area contributed by atoms with Crippen LogP contribution in [0.1, 0.15) is 6.92 Å². The molecule has 146 valence electrons. The van der Waals surface area contributed by atoms with Crippen molar-refractivity contribution in [2.24, 2.45) is 0 Å². The van der Waals surface area contributed by atoms with Gasteiger partial charge in [0.05, 0.1) is 32.1 Å². The molecule has 2 amide bonds. The number of pyridine rings is 1. The fourth-order valence-corrected chi connectivity index (χ4v) is 2.27. The summed E-state index contributed by atoms with van der Waals surface area (Å²) in [5.41, 5.74) is 0. The van der Waals surface area contributed by atoms with Crippen LogP contribution in [0, 0.1) is 0 Å². The molecule has 1 aromatic heterocycles. The lowest BCUT2D eigenvalue weighted by molar-refractivity contribution is 0.0699. The average molecular weight is 396 g/mol. The molecule has 1 aromatic carbocycles. The SMILES string of the molecule is CCOc1ccccc1ON(C(=O)Nc1cc(OC)cc(OC)n1)S(=O)[O-]. The number of ether oxygens (including phenoxy) is 3. The van der Waals surface area contributed by atoms with Gasteiger partial charge < -0.3 is 23.6 Å². The summed E-state index contributed by atoms with van der Waals surface area (Å²) >= 11 is -3.03. The standard InChI is InChI=1S/C16H19N3O7S/c1-4-25-12-7-5-6-8-13(12)26-19(27(21)22)16(20)18-14-9-11(23-2)10-15(17-14)24-3/h5-10H,4H2,1-3H3,(H,21,22)(H,17,18,20)/p-1. The van der Waals surface area contributed by atoms with Gasteiger partial charge in [-0.2, -0.15) is 4.98 Å². The van der Waals surface area contributed by atoms with Crippen molar-refractivity contribution in [2.45, 2.75) is 6.92 Å². The van der Waals surface area contributed by atoms with Gasteiger partial charge in [0, 0.05) is 12.1 Å². The van der Waals surface area contributed by atoms with E-state index in [1.807, 2.05) is 0 Å². The van der Waals surface area contributed by atoms with Crippen LogP contribution in [0.5, 0.6) is 23.1 Å². The number of methoxy groups -OCH3 is 2. The predicted octanol–water partition coefficient (Wildman–Crippen LogP) is 2.12. The number of anilines is 1. The van der Waals surface area contributed by atoms with Crippen molar-refractivity contribution in [3.63, 3.8) is 0 Å². The largest absolute Gasteiger partial charge is 0.753 e. The number of carbonyl (C=O) groups excluding carboxylic acids is 1. The Bertz CT molecular complexity index is 796. The monoisotopic (exact) mass is 396 g/mol. The number of carbonyl (C=O) groups is 1. The molecular formula is C16H18N3O7S-. The third kappa shape index (κ3) is 5.46. The molecule has 0 spiro atoms. The lowest BCUT2D eigenvalue weighted by Gasteiger charge is -2.24. The topological polar surface area (TPSA) is 122 Å². The Morgan fingerprint density at radius 2 is 1.93 bits per heavy atom. The van der Waals surface area contributed by atoms with Crippen molar-refractivity contribution in [3.8, 4) is 23.1 Å². The summed E-state index contributed by atoms with van der Waals surface area (Å²) < 4.78 is 38.5. The lowest BCUT2D eigenvalue weighted by Crippen LogP contribution is -2.39. The molecule has 0 radical (unpaired) electrons. The van der Waals surface area contributed by atoms with Gasteiger partial charge in [0.25, 0.3) is 0 Å². The van der Waals surface area contributed by atoms with E-state index in [0.717, 1.165) is 0 Å². The number of nitrogens with one attached hydrogen (secondary N) is 1. The number of rotatable bonds is 8. The van der Waals surface area contributed by atoms with Gasteiger partial charge in [-0.15, -0.1) is 0 Å². The van der Waals surface area contributed by atoms with E-state index < -0.39 is 17.3 Å². The van der Waals surface area contributed by atoms with Gasteiger partial charge in [-0.1, -0.05) is 16.6 Å². The molecule has 2 aromatic rings. The van der Waals surface area contributed by atoms with Crippen molar-refractivity contribution >= 4 is 23.1 Å². The molecule has 0 saturated heterocycles. The quantitative estimate of drug-likeness (QED) is 0.532. The van der Waals surface area contributed by atoms with Gasteiger partial charge >= 0.3 is 6.03 Å². The van der Waals surface area contributed by atoms with Crippen LogP contribution in [-0.2, 0) is 11.3 Å². The highest BCUT2D eigenvalue weighted by atomic mass is 32.2. The summed E-state index contributed by atoms with van der Waals surface area (Å²) in [6.07, 6.45) is 0. The molecule has 1 heterocycles. The van der Waals surface area contributed by atoms with Crippen LogP contribution in [0.4, 0.5) is 10.6 Å². The van der Waals surface area contributed by atoms with Crippen LogP contribution in [0.15, 0.2) is 36.4 Å². The normalized spacial score (nSPS) is 11.3. The number of amides is 2. The molecule has 11 heteroatoms. The highest BCUT2D eigenvalue weighted by Crippen LogP contribution is 2.28. The second-order valence-corrected chi connectivity index (χ2v) is 5.58. The molecule has 0 fully saturated rings. The summed E-state index contributed by atoms with van der Waals surface area (Å²) in [5.74, 6) is 0.865. The summed E-state index contributed by atoms with van der Waals surface area (Å²) in [5, 5.41) is 2.30. The van der Waals surface area contributed by atoms with Crippen molar-refractivity contribution in [1.29, 1.82) is 0 Å². The van der Waals surface area contributed by atoms with Crippen molar-refractivity contribution in [3.05, 3.63) is 36.4 Å². The maximum Gasteiger partial charge on any atom is 0.368 e. The van der Waals surface area contributed by atoms with E-state index in [1.54, 1.807) is 25.1 Å². The number of benzene rings is 1. The Labute approximate surface area is 158 Å². The number of hydrogen-bond donors (Lipinski definition) is 1. The molecule has 1 unspecified atom stereocenters. The third-order valence-corrected chi connectivity index (χ3v) is 3.60. The minimum Gasteiger partial charge on any atom is -0.753 e. The molecular weight excluding hydrogens is 378 g/mol. The number of urea groups is 1. The van der Waals surface area contributed by atoms with Gasteiger partial charge in [0.1, 0.15) is 11.6 Å². The highest BCUT2D eigenvalue weighted by molar-refractivity contribution is 7.77. The number of hydroxylamine groups is 1. The molecule has 1 N–H and O–H groups in total. The first kappa shape index (κ1) is 20.3. The van der Waals surface area contributed by atoms with Gasteiger partial charge in [-0.3, -0.25) is 5.32 Å². The summed E-state index contributed by atoms with van der Waals surface area (Å²) in [7, 11) is 2.81. The zero-order valence-corrected chi connectivity index (χ0v) is 15.6. The second-order valence-electron chi connectivity index (χ2n) is 4.81. The first-order valence-corrected chi connectivity index (χ1v) is 8.72. The molecule has 0 aliphatic rings. The van der Waals surface area contributed by atoms with E-state index in [9.17, 15) is 13.6 Å². The number of aromatic nitrogens is 1. The minimum absolute atomic E-state index is 0.00773. The molecule has 2 rings (SSSR count). The van der Waals surface area contributed by atoms with E-state index in [1.165, 1.54) is 32.4 Å². The Hall–Kier alpha value is -3.05. The Morgan fingerprint density at radius 1 is 1.22 bits per heavy atom. The zero-order chi connectivity index (χ0) is 19.8. The van der Waals surface area contributed by atoms with Crippen LogP contribution in [0.2, 0.25) is 0 Å². The van der Waals surface area contributed by atoms with Crippen LogP contribution in [-0.4, -0.2) is 45.1 Å². The molecule has 10 nitrogen and oxygen atoms in total. The van der Waals surface area contributed by atoms with Crippen molar-refractivity contribution in [2.75, 3.05) is 26.1 Å². The fraction of sp³-hybridized carbons (Fsp3) is 0.250. The van der Waals surface area contributed by atoms with E-state index in [0.29, 0.717) is 12.4 Å². The number of para-hydroxylation sites is 2. The van der Waals surface area contributed by atoms with Crippen molar-refractivity contribution in [1.82, 2.24) is 9.45 Å². The predicted molar refractivity (Wildman–Crippen MR) is 95.4 cm³/mol. The van der Waals surface area contributed by atoms with Crippen LogP contribution >= 0.6 is 0 Å². The van der Waals surface area contributed by atoms with Gasteiger partial charge in [0.2, 0.25) is 5.88 Å². The number of nitrogens with zero attached hydrogens (tertiary/aromatic N) is 2. The van der Waals surface area contributed by atoms with Gasteiger partial charge in [0.15, 0.2) is 11.5 Å². The van der Waals surface area contributed by atoms with Crippen LogP contribution in [0.25, 0.3) is 0 Å². The fourth-order valence-electron chi connectivity index (χ4n) is 1.95.